The van der Waals surface area contributed by atoms with Crippen LogP contribution < -0.4 is 20.3 Å². The van der Waals surface area contributed by atoms with Crippen LogP contribution in [-0.4, -0.2) is 38.7 Å². The van der Waals surface area contributed by atoms with Gasteiger partial charge in [0.1, 0.15) is 5.75 Å². The molecule has 1 heterocycles. The molecule has 2 N–H and O–H groups in total. The van der Waals surface area contributed by atoms with Crippen LogP contribution in [-0.2, 0) is 11.3 Å². The third-order valence-corrected chi connectivity index (χ3v) is 4.04. The van der Waals surface area contributed by atoms with Gasteiger partial charge >= 0.3 is 0 Å². The van der Waals surface area contributed by atoms with Crippen LogP contribution in [0.15, 0.2) is 54.6 Å². The lowest BCUT2D eigenvalue weighted by Crippen LogP contribution is -2.44. The van der Waals surface area contributed by atoms with Gasteiger partial charge in [-0.25, -0.2) is 0 Å². The summed E-state index contributed by atoms with van der Waals surface area (Å²) in [6.45, 7) is 4.50. The zero-order valence-electron chi connectivity index (χ0n) is 13.7. The lowest BCUT2D eigenvalue weighted by atomic mass is 10.1. The maximum absolute atomic E-state index is 12.0. The maximum atomic E-state index is 12.0. The second-order valence-electron chi connectivity index (χ2n) is 5.74. The number of hydrogen-bond donors (Lipinski definition) is 2. The Morgan fingerprint density at radius 1 is 1.04 bits per heavy atom. The summed E-state index contributed by atoms with van der Waals surface area (Å²) in [7, 11) is 0. The van der Waals surface area contributed by atoms with Gasteiger partial charge in [0.25, 0.3) is 5.91 Å². The number of para-hydroxylation sites is 2. The van der Waals surface area contributed by atoms with Gasteiger partial charge in [-0.1, -0.05) is 36.4 Å². The number of benzene rings is 2. The molecule has 5 nitrogen and oxygen atoms in total. The summed E-state index contributed by atoms with van der Waals surface area (Å²) in [6.07, 6.45) is 0. The van der Waals surface area contributed by atoms with Crippen molar-refractivity contribution >= 4 is 11.6 Å². The number of nitrogens with one attached hydrogen (secondary N) is 2. The average Bonchev–Trinajstić information content (AvgIpc) is 2.66. The Morgan fingerprint density at radius 3 is 2.54 bits per heavy atom. The smallest absolute Gasteiger partial charge is 0.258 e. The van der Waals surface area contributed by atoms with Gasteiger partial charge in [-0.3, -0.25) is 4.79 Å². The molecule has 2 aromatic rings. The van der Waals surface area contributed by atoms with Crippen LogP contribution in [0.5, 0.6) is 5.75 Å². The Morgan fingerprint density at radius 2 is 1.75 bits per heavy atom. The highest BCUT2D eigenvalue weighted by Crippen LogP contribution is 2.20. The molecule has 0 unspecified atom stereocenters. The van der Waals surface area contributed by atoms with Crippen LogP contribution in [0.3, 0.4) is 0 Å². The minimum atomic E-state index is -0.117. The van der Waals surface area contributed by atoms with E-state index in [1.54, 1.807) is 0 Å². The van der Waals surface area contributed by atoms with Crippen molar-refractivity contribution in [2.24, 2.45) is 0 Å². The Labute approximate surface area is 142 Å². The second kappa shape index (κ2) is 8.36. The van der Waals surface area contributed by atoms with Crippen molar-refractivity contribution in [2.75, 3.05) is 37.7 Å². The van der Waals surface area contributed by atoms with Crippen molar-refractivity contribution in [1.82, 2.24) is 10.6 Å². The number of piperazine rings is 1. The van der Waals surface area contributed by atoms with Crippen molar-refractivity contribution in [3.8, 4) is 5.75 Å². The Kier molecular flexibility index (Phi) is 5.69. The molecule has 1 amide bonds. The van der Waals surface area contributed by atoms with Gasteiger partial charge < -0.3 is 20.3 Å². The average molecular weight is 325 g/mol. The SMILES string of the molecule is O=C(COc1ccccc1)NCc1ccccc1N1CCNCC1. The Balaban J connectivity index is 1.53. The molecule has 3 rings (SSSR count). The summed E-state index contributed by atoms with van der Waals surface area (Å²) < 4.78 is 5.47. The van der Waals surface area contributed by atoms with Crippen molar-refractivity contribution in [2.45, 2.75) is 6.54 Å². The van der Waals surface area contributed by atoms with Crippen LogP contribution in [0.4, 0.5) is 5.69 Å². The van der Waals surface area contributed by atoms with Crippen LogP contribution in [0.25, 0.3) is 0 Å². The van der Waals surface area contributed by atoms with Gasteiger partial charge in [0, 0.05) is 38.4 Å². The number of hydrogen-bond acceptors (Lipinski definition) is 4. The van der Waals surface area contributed by atoms with E-state index < -0.39 is 0 Å². The lowest BCUT2D eigenvalue weighted by Gasteiger charge is -2.31. The van der Waals surface area contributed by atoms with E-state index in [2.05, 4.69) is 27.7 Å². The Hall–Kier alpha value is -2.53. The molecule has 0 spiro atoms. The van der Waals surface area contributed by atoms with Gasteiger partial charge in [0.05, 0.1) is 0 Å². The highest BCUT2D eigenvalue weighted by Gasteiger charge is 2.14. The number of ether oxygens (including phenoxy) is 1. The van der Waals surface area contributed by atoms with Gasteiger partial charge in [-0.2, -0.15) is 0 Å². The molecule has 126 valence electrons. The van der Waals surface area contributed by atoms with Crippen molar-refractivity contribution in [1.29, 1.82) is 0 Å². The quantitative estimate of drug-likeness (QED) is 0.850. The Bertz CT molecular complexity index is 655. The predicted octanol–water partition coefficient (Wildman–Crippen LogP) is 1.79. The second-order valence-corrected chi connectivity index (χ2v) is 5.74. The topological polar surface area (TPSA) is 53.6 Å². The molecule has 2 aromatic carbocycles. The third-order valence-electron chi connectivity index (χ3n) is 4.04. The van der Waals surface area contributed by atoms with Crippen LogP contribution >= 0.6 is 0 Å². The molecular weight excluding hydrogens is 302 g/mol. The summed E-state index contributed by atoms with van der Waals surface area (Å²) in [4.78, 5) is 14.4. The molecule has 0 atom stereocenters. The van der Waals surface area contributed by atoms with Crippen molar-refractivity contribution in [3.05, 3.63) is 60.2 Å². The summed E-state index contributed by atoms with van der Waals surface area (Å²) in [5.74, 6) is 0.586. The van der Waals surface area contributed by atoms with Crippen molar-refractivity contribution in [3.63, 3.8) is 0 Å². The molecule has 0 saturated carbocycles. The molecular formula is C19H23N3O2. The molecule has 0 bridgehead atoms. The molecule has 1 aliphatic heterocycles. The number of carbonyl (C=O) groups is 1. The zero-order chi connectivity index (χ0) is 16.6. The molecule has 5 heteroatoms. The molecule has 24 heavy (non-hydrogen) atoms. The first-order chi connectivity index (χ1) is 11.8. The molecule has 0 aromatic heterocycles. The van der Waals surface area contributed by atoms with Crippen LogP contribution in [0.2, 0.25) is 0 Å². The van der Waals surface area contributed by atoms with Gasteiger partial charge in [-0.15, -0.1) is 0 Å². The number of nitrogens with zero attached hydrogens (tertiary/aromatic N) is 1. The van der Waals surface area contributed by atoms with Gasteiger partial charge in [0.2, 0.25) is 0 Å². The van der Waals surface area contributed by atoms with E-state index in [0.717, 1.165) is 31.7 Å². The standard InChI is InChI=1S/C19H23N3O2/c23-19(15-24-17-7-2-1-3-8-17)21-14-16-6-4-5-9-18(16)22-12-10-20-11-13-22/h1-9,20H,10-15H2,(H,21,23). The first-order valence-electron chi connectivity index (χ1n) is 8.31. The van der Waals surface area contributed by atoms with Crippen molar-refractivity contribution < 1.29 is 9.53 Å². The zero-order valence-corrected chi connectivity index (χ0v) is 13.7. The maximum Gasteiger partial charge on any atom is 0.258 e. The number of anilines is 1. The summed E-state index contributed by atoms with van der Waals surface area (Å²) in [6, 6.07) is 17.6. The third kappa shape index (κ3) is 4.49. The van der Waals surface area contributed by atoms with Crippen LogP contribution in [0, 0.1) is 0 Å². The van der Waals surface area contributed by atoms with E-state index in [9.17, 15) is 4.79 Å². The minimum absolute atomic E-state index is 0.0276. The van der Waals surface area contributed by atoms with E-state index in [4.69, 9.17) is 4.74 Å². The number of carbonyl (C=O) groups excluding carboxylic acids is 1. The summed E-state index contributed by atoms with van der Waals surface area (Å²) in [5.41, 5.74) is 2.33. The number of rotatable bonds is 6. The molecule has 1 aliphatic rings. The number of amides is 1. The summed E-state index contributed by atoms with van der Waals surface area (Å²) in [5, 5.41) is 6.30. The van der Waals surface area contributed by atoms with E-state index >= 15 is 0 Å². The molecule has 0 radical (unpaired) electrons. The fourth-order valence-electron chi connectivity index (χ4n) is 2.78. The molecule has 0 aliphatic carbocycles. The van der Waals surface area contributed by atoms with Gasteiger partial charge in [-0.05, 0) is 23.8 Å². The van der Waals surface area contributed by atoms with E-state index in [-0.39, 0.29) is 12.5 Å². The van der Waals surface area contributed by atoms with Crippen LogP contribution in [0.1, 0.15) is 5.56 Å². The normalized spacial score (nSPS) is 14.2. The predicted molar refractivity (Wildman–Crippen MR) is 95.3 cm³/mol. The fourth-order valence-corrected chi connectivity index (χ4v) is 2.78. The fraction of sp³-hybridized carbons (Fsp3) is 0.316. The molecule has 1 fully saturated rings. The highest BCUT2D eigenvalue weighted by atomic mass is 16.5. The largest absolute Gasteiger partial charge is 0.484 e. The van der Waals surface area contributed by atoms with E-state index in [1.165, 1.54) is 5.69 Å². The van der Waals surface area contributed by atoms with E-state index in [1.807, 2.05) is 42.5 Å². The van der Waals surface area contributed by atoms with E-state index in [0.29, 0.717) is 12.3 Å². The summed E-state index contributed by atoms with van der Waals surface area (Å²) >= 11 is 0. The lowest BCUT2D eigenvalue weighted by molar-refractivity contribution is -0.123. The first kappa shape index (κ1) is 16.3. The minimum Gasteiger partial charge on any atom is -0.484 e. The highest BCUT2D eigenvalue weighted by molar-refractivity contribution is 5.77. The molecule has 1 saturated heterocycles. The first-order valence-corrected chi connectivity index (χ1v) is 8.31. The monoisotopic (exact) mass is 325 g/mol. The van der Waals surface area contributed by atoms with Gasteiger partial charge in [0.15, 0.2) is 6.61 Å².